The highest BCUT2D eigenvalue weighted by Gasteiger charge is 2.08. The number of aromatic nitrogens is 1. The molecule has 0 aliphatic carbocycles. The maximum absolute atomic E-state index is 12.1. The quantitative estimate of drug-likeness (QED) is 0.803. The molecule has 6 nitrogen and oxygen atoms in total. The van der Waals surface area contributed by atoms with Gasteiger partial charge in [-0.15, -0.1) is 0 Å². The van der Waals surface area contributed by atoms with Crippen LogP contribution in [0.4, 0.5) is 5.13 Å². The molecule has 0 fully saturated rings. The molecule has 1 aromatic carbocycles. The maximum atomic E-state index is 12.1. The number of hydrogen-bond acceptors (Lipinski definition) is 6. The average molecular weight is 308 g/mol. The van der Waals surface area contributed by atoms with Crippen LogP contribution in [-0.4, -0.2) is 56.2 Å². The number of rotatable bonds is 7. The van der Waals surface area contributed by atoms with Crippen molar-refractivity contribution in [1.82, 2.24) is 15.2 Å². The van der Waals surface area contributed by atoms with Crippen LogP contribution >= 0.6 is 11.3 Å². The van der Waals surface area contributed by atoms with Gasteiger partial charge in [-0.2, -0.15) is 0 Å². The van der Waals surface area contributed by atoms with Gasteiger partial charge in [0.15, 0.2) is 5.13 Å². The zero-order valence-electron chi connectivity index (χ0n) is 12.3. The van der Waals surface area contributed by atoms with Gasteiger partial charge in [0.2, 0.25) is 0 Å². The van der Waals surface area contributed by atoms with Crippen LogP contribution in [0, 0.1) is 0 Å². The van der Waals surface area contributed by atoms with Crippen LogP contribution in [0.2, 0.25) is 0 Å². The summed E-state index contributed by atoms with van der Waals surface area (Å²) in [4.78, 5) is 18.4. The molecule has 1 amide bonds. The van der Waals surface area contributed by atoms with Crippen LogP contribution in [0.5, 0.6) is 0 Å². The Bertz CT molecular complexity index is 614. The summed E-state index contributed by atoms with van der Waals surface area (Å²) in [6, 6.07) is 5.42. The van der Waals surface area contributed by atoms with Crippen LogP contribution in [-0.2, 0) is 4.74 Å². The first-order valence-corrected chi connectivity index (χ1v) is 7.53. The highest BCUT2D eigenvalue weighted by atomic mass is 32.1. The molecule has 0 unspecified atom stereocenters. The molecule has 2 rings (SSSR count). The van der Waals surface area contributed by atoms with Gasteiger partial charge >= 0.3 is 0 Å². The van der Waals surface area contributed by atoms with E-state index in [1.807, 2.05) is 19.2 Å². The summed E-state index contributed by atoms with van der Waals surface area (Å²) in [5.41, 5.74) is 7.12. The van der Waals surface area contributed by atoms with Crippen molar-refractivity contribution in [2.45, 2.75) is 0 Å². The van der Waals surface area contributed by atoms with Crippen molar-refractivity contribution in [3.8, 4) is 0 Å². The number of fused-ring (bicyclic) bond motifs is 1. The van der Waals surface area contributed by atoms with E-state index in [1.54, 1.807) is 13.2 Å². The zero-order valence-corrected chi connectivity index (χ0v) is 13.1. The molecule has 7 heteroatoms. The summed E-state index contributed by atoms with van der Waals surface area (Å²) >= 11 is 1.39. The van der Waals surface area contributed by atoms with E-state index in [1.165, 1.54) is 11.3 Å². The van der Waals surface area contributed by atoms with E-state index < -0.39 is 0 Å². The number of nitrogens with two attached hydrogens (primary N) is 1. The molecule has 1 aromatic heterocycles. The number of carbonyl (C=O) groups excluding carboxylic acids is 1. The van der Waals surface area contributed by atoms with Gasteiger partial charge in [-0.05, 0) is 25.2 Å². The number of nitrogens with one attached hydrogen (secondary N) is 1. The standard InChI is InChI=1S/C14H20N4O2S/c1-18(7-8-20-2)6-5-16-13(19)10-3-4-11-12(9-10)21-14(15)17-11/h3-4,9H,5-8H2,1-2H3,(H2,15,17)(H,16,19). The van der Waals surface area contributed by atoms with Gasteiger partial charge in [-0.25, -0.2) is 4.98 Å². The second kappa shape index (κ2) is 7.35. The Kier molecular flexibility index (Phi) is 5.49. The largest absolute Gasteiger partial charge is 0.383 e. The van der Waals surface area contributed by atoms with Crippen molar-refractivity contribution in [3.05, 3.63) is 23.8 Å². The van der Waals surface area contributed by atoms with E-state index in [0.717, 1.165) is 23.3 Å². The first-order valence-electron chi connectivity index (χ1n) is 6.72. The topological polar surface area (TPSA) is 80.5 Å². The van der Waals surface area contributed by atoms with Gasteiger partial charge in [-0.1, -0.05) is 11.3 Å². The molecular formula is C14H20N4O2S. The number of nitrogen functional groups attached to an aromatic ring is 1. The van der Waals surface area contributed by atoms with Crippen LogP contribution in [0.15, 0.2) is 18.2 Å². The molecule has 0 aliphatic heterocycles. The Morgan fingerprint density at radius 2 is 2.29 bits per heavy atom. The molecule has 1 heterocycles. The highest BCUT2D eigenvalue weighted by Crippen LogP contribution is 2.24. The fraction of sp³-hybridized carbons (Fsp3) is 0.429. The minimum Gasteiger partial charge on any atom is -0.383 e. The molecule has 2 aromatic rings. The second-order valence-electron chi connectivity index (χ2n) is 4.79. The fourth-order valence-electron chi connectivity index (χ4n) is 1.90. The number of benzene rings is 1. The molecule has 3 N–H and O–H groups in total. The van der Waals surface area contributed by atoms with Crippen molar-refractivity contribution < 1.29 is 9.53 Å². The van der Waals surface area contributed by atoms with Crippen molar-refractivity contribution in [1.29, 1.82) is 0 Å². The fourth-order valence-corrected chi connectivity index (χ4v) is 2.68. The Balaban J connectivity index is 1.87. The summed E-state index contributed by atoms with van der Waals surface area (Å²) in [5, 5.41) is 3.43. The summed E-state index contributed by atoms with van der Waals surface area (Å²) in [5.74, 6) is -0.0796. The lowest BCUT2D eigenvalue weighted by molar-refractivity contribution is 0.0947. The number of methoxy groups -OCH3 is 1. The molecule has 0 bridgehead atoms. The third-order valence-corrected chi connectivity index (χ3v) is 3.97. The van der Waals surface area contributed by atoms with Crippen LogP contribution in [0.1, 0.15) is 10.4 Å². The van der Waals surface area contributed by atoms with E-state index >= 15 is 0 Å². The van der Waals surface area contributed by atoms with Gasteiger partial charge < -0.3 is 20.7 Å². The van der Waals surface area contributed by atoms with Gasteiger partial charge in [0.1, 0.15) is 0 Å². The molecule has 0 saturated heterocycles. The summed E-state index contributed by atoms with van der Waals surface area (Å²) in [6.45, 7) is 2.92. The molecule has 0 saturated carbocycles. The predicted octanol–water partition coefficient (Wildman–Crippen LogP) is 1.19. The van der Waals surface area contributed by atoms with Gasteiger partial charge in [0.25, 0.3) is 5.91 Å². The lowest BCUT2D eigenvalue weighted by Gasteiger charge is -2.16. The third kappa shape index (κ3) is 4.38. The number of likely N-dealkylation sites (N-methyl/N-ethyl adjacent to an activating group) is 1. The predicted molar refractivity (Wildman–Crippen MR) is 85.7 cm³/mol. The Labute approximate surface area is 127 Å². The number of thiazole rings is 1. The van der Waals surface area contributed by atoms with E-state index in [9.17, 15) is 4.79 Å². The summed E-state index contributed by atoms with van der Waals surface area (Å²) in [7, 11) is 3.68. The monoisotopic (exact) mass is 308 g/mol. The van der Waals surface area contributed by atoms with E-state index in [2.05, 4.69) is 15.2 Å². The zero-order chi connectivity index (χ0) is 15.2. The summed E-state index contributed by atoms with van der Waals surface area (Å²) < 4.78 is 5.94. The third-order valence-electron chi connectivity index (χ3n) is 3.12. The van der Waals surface area contributed by atoms with Crippen molar-refractivity contribution >= 4 is 32.6 Å². The minimum absolute atomic E-state index is 0.0796. The number of hydrogen-bond donors (Lipinski definition) is 2. The first-order chi connectivity index (χ1) is 10.1. The molecule has 0 atom stereocenters. The number of amides is 1. The molecule has 0 aliphatic rings. The second-order valence-corrected chi connectivity index (χ2v) is 5.85. The summed E-state index contributed by atoms with van der Waals surface area (Å²) in [6.07, 6.45) is 0. The van der Waals surface area contributed by atoms with Crippen molar-refractivity contribution in [2.24, 2.45) is 0 Å². The SMILES string of the molecule is COCCN(C)CCNC(=O)c1ccc2nc(N)sc2c1. The van der Waals surface area contributed by atoms with E-state index in [4.69, 9.17) is 10.5 Å². The van der Waals surface area contributed by atoms with Crippen molar-refractivity contribution in [3.63, 3.8) is 0 Å². The Morgan fingerprint density at radius 3 is 3.05 bits per heavy atom. The minimum atomic E-state index is -0.0796. The normalized spacial score (nSPS) is 11.2. The molecule has 114 valence electrons. The average Bonchev–Trinajstić information content (AvgIpc) is 2.83. The van der Waals surface area contributed by atoms with E-state index in [-0.39, 0.29) is 5.91 Å². The van der Waals surface area contributed by atoms with Crippen LogP contribution in [0.3, 0.4) is 0 Å². The molecule has 21 heavy (non-hydrogen) atoms. The Morgan fingerprint density at radius 1 is 1.48 bits per heavy atom. The number of anilines is 1. The maximum Gasteiger partial charge on any atom is 0.251 e. The first kappa shape index (κ1) is 15.7. The van der Waals surface area contributed by atoms with Crippen LogP contribution < -0.4 is 11.1 Å². The Hall–Kier alpha value is -1.70. The van der Waals surface area contributed by atoms with Gasteiger partial charge in [0.05, 0.1) is 16.8 Å². The molecular weight excluding hydrogens is 288 g/mol. The van der Waals surface area contributed by atoms with Gasteiger partial charge in [-0.3, -0.25) is 4.79 Å². The highest BCUT2D eigenvalue weighted by molar-refractivity contribution is 7.22. The molecule has 0 radical (unpaired) electrons. The van der Waals surface area contributed by atoms with Gasteiger partial charge in [0, 0.05) is 32.3 Å². The smallest absolute Gasteiger partial charge is 0.251 e. The van der Waals surface area contributed by atoms with E-state index in [0.29, 0.717) is 23.8 Å². The van der Waals surface area contributed by atoms with Crippen molar-refractivity contribution in [2.75, 3.05) is 46.1 Å². The number of ether oxygens (including phenoxy) is 1. The number of carbonyl (C=O) groups is 1. The lowest BCUT2D eigenvalue weighted by Crippen LogP contribution is -2.34. The lowest BCUT2D eigenvalue weighted by atomic mass is 10.2. The molecule has 0 spiro atoms. The number of nitrogens with zero attached hydrogens (tertiary/aromatic N) is 2. The van der Waals surface area contributed by atoms with Crippen LogP contribution in [0.25, 0.3) is 10.2 Å².